The van der Waals surface area contributed by atoms with E-state index in [4.69, 9.17) is 0 Å². The van der Waals surface area contributed by atoms with Gasteiger partial charge in [0.2, 0.25) is 21.9 Å². The van der Waals surface area contributed by atoms with Gasteiger partial charge in [0, 0.05) is 42.9 Å². The number of amides is 1. The zero-order chi connectivity index (χ0) is 24.7. The number of hydrogen-bond acceptors (Lipinski definition) is 8. The maximum Gasteiger partial charge on any atom is 0.233 e. The number of nitrogens with zero attached hydrogens (tertiary/aromatic N) is 4. The molecular formula is C22H21FN8O3S. The van der Waals surface area contributed by atoms with E-state index < -0.39 is 15.8 Å². The van der Waals surface area contributed by atoms with Crippen molar-refractivity contribution >= 4 is 55.9 Å². The third kappa shape index (κ3) is 4.45. The molecule has 0 spiro atoms. The van der Waals surface area contributed by atoms with E-state index in [0.717, 1.165) is 21.8 Å². The third-order valence-electron chi connectivity index (χ3n) is 5.58. The van der Waals surface area contributed by atoms with Crippen LogP contribution in [-0.2, 0) is 27.8 Å². The van der Waals surface area contributed by atoms with Crippen molar-refractivity contribution in [2.75, 3.05) is 33.6 Å². The summed E-state index contributed by atoms with van der Waals surface area (Å²) in [6.07, 6.45) is 4.06. The molecule has 1 aliphatic heterocycles. The number of H-pyrrole nitrogens is 1. The van der Waals surface area contributed by atoms with Gasteiger partial charge in [0.15, 0.2) is 5.82 Å². The molecule has 0 fully saturated rings. The highest BCUT2D eigenvalue weighted by atomic mass is 32.2. The van der Waals surface area contributed by atoms with E-state index in [-0.39, 0.29) is 47.5 Å². The van der Waals surface area contributed by atoms with Crippen LogP contribution in [0.25, 0.3) is 11.0 Å². The zero-order valence-corrected chi connectivity index (χ0v) is 19.6. The molecule has 180 valence electrons. The molecule has 0 saturated heterocycles. The largest absolute Gasteiger partial charge is 0.365 e. The molecule has 0 radical (unpaired) electrons. The number of sulfonamides is 1. The summed E-state index contributed by atoms with van der Waals surface area (Å²) >= 11 is 0. The number of carbonyl (C=O) groups is 1. The van der Waals surface area contributed by atoms with Crippen molar-refractivity contribution in [3.8, 4) is 0 Å². The summed E-state index contributed by atoms with van der Waals surface area (Å²) in [6, 6.07) is 8.80. The fourth-order valence-corrected chi connectivity index (χ4v) is 4.28. The van der Waals surface area contributed by atoms with Gasteiger partial charge in [0.1, 0.15) is 17.3 Å². The Kier molecular flexibility index (Phi) is 5.47. The number of fused-ring (bicyclic) bond motifs is 2. The minimum Gasteiger partial charge on any atom is -0.365 e. The average Bonchev–Trinajstić information content (AvgIpc) is 3.37. The van der Waals surface area contributed by atoms with Gasteiger partial charge in [-0.15, -0.1) is 0 Å². The van der Waals surface area contributed by atoms with Crippen molar-refractivity contribution in [3.05, 3.63) is 59.7 Å². The predicted molar refractivity (Wildman–Crippen MR) is 131 cm³/mol. The maximum absolute atomic E-state index is 14.5. The normalized spacial score (nSPS) is 12.9. The van der Waals surface area contributed by atoms with Crippen molar-refractivity contribution < 1.29 is 17.6 Å². The first-order valence-corrected chi connectivity index (χ1v) is 12.4. The van der Waals surface area contributed by atoms with Crippen molar-refractivity contribution in [3.63, 3.8) is 0 Å². The quantitative estimate of drug-likeness (QED) is 0.306. The number of pyridine rings is 1. The number of rotatable bonds is 7. The Hall–Kier alpha value is -4.26. The zero-order valence-electron chi connectivity index (χ0n) is 18.8. The van der Waals surface area contributed by atoms with Crippen LogP contribution < -0.4 is 20.3 Å². The van der Waals surface area contributed by atoms with E-state index in [9.17, 15) is 17.6 Å². The summed E-state index contributed by atoms with van der Waals surface area (Å²) < 4.78 is 39.6. The van der Waals surface area contributed by atoms with Crippen LogP contribution in [0.2, 0.25) is 0 Å². The third-order valence-corrected chi connectivity index (χ3v) is 6.75. The minimum atomic E-state index is -3.53. The van der Waals surface area contributed by atoms with Crippen molar-refractivity contribution in [1.82, 2.24) is 19.9 Å². The second-order valence-electron chi connectivity index (χ2n) is 8.05. The van der Waals surface area contributed by atoms with E-state index in [1.54, 1.807) is 24.3 Å². The summed E-state index contributed by atoms with van der Waals surface area (Å²) in [7, 11) is -2.11. The van der Waals surface area contributed by atoms with Gasteiger partial charge in [0.25, 0.3) is 0 Å². The van der Waals surface area contributed by atoms with Crippen LogP contribution in [0.1, 0.15) is 11.1 Å². The van der Waals surface area contributed by atoms with Gasteiger partial charge in [-0.1, -0.05) is 6.07 Å². The molecule has 5 rings (SSSR count). The highest BCUT2D eigenvalue weighted by Crippen LogP contribution is 2.30. The van der Waals surface area contributed by atoms with Crippen LogP contribution in [0.5, 0.6) is 0 Å². The lowest BCUT2D eigenvalue weighted by atomic mass is 10.1. The molecule has 4 N–H and O–H groups in total. The average molecular weight is 497 g/mol. The summed E-state index contributed by atoms with van der Waals surface area (Å²) in [5, 5.41) is 9.12. The lowest BCUT2D eigenvalue weighted by Gasteiger charge is -2.19. The SMILES string of the molecule is CN(c1ncccc1CNc1nc(Nc2ccc3c(c2)CC(=O)N3)nc2[nH]cc(F)c12)S(C)(=O)=O. The molecule has 4 heterocycles. The number of anilines is 5. The Morgan fingerprint density at radius 1 is 1.23 bits per heavy atom. The Balaban J connectivity index is 1.45. The first-order chi connectivity index (χ1) is 16.7. The van der Waals surface area contributed by atoms with Gasteiger partial charge in [-0.05, 0) is 29.8 Å². The Morgan fingerprint density at radius 3 is 2.86 bits per heavy atom. The van der Waals surface area contributed by atoms with Gasteiger partial charge in [0.05, 0.1) is 18.1 Å². The Morgan fingerprint density at radius 2 is 2.06 bits per heavy atom. The molecule has 0 saturated carbocycles. The van der Waals surface area contributed by atoms with E-state index in [1.807, 2.05) is 6.07 Å². The number of carbonyl (C=O) groups excluding carboxylic acids is 1. The van der Waals surface area contributed by atoms with Crippen LogP contribution in [0.15, 0.2) is 42.7 Å². The fraction of sp³-hybridized carbons (Fsp3) is 0.182. The smallest absolute Gasteiger partial charge is 0.233 e. The summed E-state index contributed by atoms with van der Waals surface area (Å²) in [6.45, 7) is 0.131. The van der Waals surface area contributed by atoms with Crippen molar-refractivity contribution in [2.24, 2.45) is 0 Å². The molecule has 0 unspecified atom stereocenters. The van der Waals surface area contributed by atoms with Crippen LogP contribution >= 0.6 is 0 Å². The number of aromatic nitrogens is 4. The standard InChI is InChI=1S/C22H21FN8O3S/c1-31(35(2,33)34)21-12(4-3-7-24-21)10-25-19-18-15(23)11-26-20(18)30-22(29-19)27-14-5-6-16-13(8-14)9-17(32)28-16/h3-8,11H,9-10H2,1-2H3,(H,28,32)(H3,25,26,27,29,30). The van der Waals surface area contributed by atoms with Crippen molar-refractivity contribution in [2.45, 2.75) is 13.0 Å². The fourth-order valence-electron chi connectivity index (χ4n) is 3.80. The summed E-state index contributed by atoms with van der Waals surface area (Å²) in [4.78, 5) is 27.4. The van der Waals surface area contributed by atoms with Crippen LogP contribution in [0.4, 0.5) is 33.3 Å². The molecule has 11 nitrogen and oxygen atoms in total. The number of halogens is 1. The van der Waals surface area contributed by atoms with Gasteiger partial charge >= 0.3 is 0 Å². The van der Waals surface area contributed by atoms with Gasteiger partial charge in [-0.2, -0.15) is 9.97 Å². The molecule has 4 aromatic rings. The predicted octanol–water partition coefficient (Wildman–Crippen LogP) is 2.74. The van der Waals surface area contributed by atoms with Crippen LogP contribution in [-0.4, -0.2) is 47.6 Å². The number of benzene rings is 1. The van der Waals surface area contributed by atoms with E-state index in [1.165, 1.54) is 19.4 Å². The molecule has 0 atom stereocenters. The van der Waals surface area contributed by atoms with Crippen molar-refractivity contribution in [1.29, 1.82) is 0 Å². The highest BCUT2D eigenvalue weighted by molar-refractivity contribution is 7.92. The summed E-state index contributed by atoms with van der Waals surface area (Å²) in [5.74, 6) is 0.0714. The molecule has 13 heteroatoms. The molecular weight excluding hydrogens is 475 g/mol. The minimum absolute atomic E-state index is 0.0699. The molecule has 35 heavy (non-hydrogen) atoms. The first kappa shape index (κ1) is 22.5. The molecule has 1 aliphatic rings. The lowest BCUT2D eigenvalue weighted by Crippen LogP contribution is -2.27. The summed E-state index contributed by atoms with van der Waals surface area (Å²) in [5.41, 5.74) is 3.14. The second kappa shape index (κ2) is 8.51. The second-order valence-corrected chi connectivity index (χ2v) is 10.1. The molecule has 1 amide bonds. The van der Waals surface area contributed by atoms with Gasteiger partial charge in [-0.3, -0.25) is 9.10 Å². The van der Waals surface area contributed by atoms with Gasteiger partial charge < -0.3 is 20.9 Å². The first-order valence-electron chi connectivity index (χ1n) is 10.5. The highest BCUT2D eigenvalue weighted by Gasteiger charge is 2.20. The molecule has 0 bridgehead atoms. The Labute approximate surface area is 199 Å². The topological polar surface area (TPSA) is 145 Å². The van der Waals surface area contributed by atoms with E-state index in [2.05, 4.69) is 35.9 Å². The number of aromatic amines is 1. The number of nitrogens with one attached hydrogen (secondary N) is 4. The lowest BCUT2D eigenvalue weighted by molar-refractivity contribution is -0.115. The van der Waals surface area contributed by atoms with Gasteiger partial charge in [-0.25, -0.2) is 17.8 Å². The molecule has 0 aliphatic carbocycles. The molecule has 1 aromatic carbocycles. The number of hydrogen-bond donors (Lipinski definition) is 4. The molecule has 3 aromatic heterocycles. The monoisotopic (exact) mass is 496 g/mol. The van der Waals surface area contributed by atoms with E-state index in [0.29, 0.717) is 11.3 Å². The maximum atomic E-state index is 14.5. The van der Waals surface area contributed by atoms with Crippen LogP contribution in [0, 0.1) is 5.82 Å². The van der Waals surface area contributed by atoms with E-state index >= 15 is 0 Å². The van der Waals surface area contributed by atoms with Crippen LogP contribution in [0.3, 0.4) is 0 Å². The Bertz CT molecular complexity index is 1570.